The quantitative estimate of drug-likeness (QED) is 0.757. The molecule has 0 aromatic carbocycles. The summed E-state index contributed by atoms with van der Waals surface area (Å²) in [5.41, 5.74) is 0.0950. The van der Waals surface area contributed by atoms with Gasteiger partial charge in [-0.05, 0) is 40.0 Å². The Balaban J connectivity index is 1.78. The fourth-order valence-electron chi connectivity index (χ4n) is 2.20. The highest BCUT2D eigenvalue weighted by Crippen LogP contribution is 2.37. The normalized spacial score (nSPS) is 30.2. The van der Waals surface area contributed by atoms with Gasteiger partial charge in [0.15, 0.2) is 0 Å². The van der Waals surface area contributed by atoms with Crippen LogP contribution in [0.1, 0.15) is 40.0 Å². The predicted molar refractivity (Wildman–Crippen MR) is 60.0 cm³/mol. The summed E-state index contributed by atoms with van der Waals surface area (Å²) in [5.74, 6) is 0. The van der Waals surface area contributed by atoms with Gasteiger partial charge in [-0.2, -0.15) is 0 Å². The zero-order chi connectivity index (χ0) is 10.9. The van der Waals surface area contributed by atoms with Crippen LogP contribution in [0, 0.1) is 0 Å². The van der Waals surface area contributed by atoms with Crippen LogP contribution < -0.4 is 5.32 Å². The van der Waals surface area contributed by atoms with Crippen LogP contribution in [0.25, 0.3) is 0 Å². The van der Waals surface area contributed by atoms with Crippen LogP contribution >= 0.6 is 0 Å². The minimum absolute atomic E-state index is 0.0619. The first-order valence-electron chi connectivity index (χ1n) is 6.02. The van der Waals surface area contributed by atoms with E-state index in [0.717, 1.165) is 13.1 Å². The lowest BCUT2D eigenvalue weighted by molar-refractivity contribution is -0.183. The van der Waals surface area contributed by atoms with Crippen molar-refractivity contribution in [3.8, 4) is 0 Å². The van der Waals surface area contributed by atoms with Crippen LogP contribution in [0.15, 0.2) is 0 Å². The van der Waals surface area contributed by atoms with Crippen molar-refractivity contribution in [2.75, 3.05) is 19.7 Å². The highest BCUT2D eigenvalue weighted by atomic mass is 16.6. The molecule has 1 spiro atoms. The lowest BCUT2D eigenvalue weighted by atomic mass is 9.79. The highest BCUT2D eigenvalue weighted by Gasteiger charge is 2.42. The molecule has 1 heterocycles. The van der Waals surface area contributed by atoms with E-state index in [-0.39, 0.29) is 17.3 Å². The molecule has 0 aromatic rings. The fraction of sp³-hybridized carbons (Fsp3) is 1.00. The standard InChI is InChI=1S/C12H23NO2/c1-11(2,3)14-8-10-7-13-9-12(15-10)5-4-6-12/h10,13H,4-9H2,1-3H3. The first-order chi connectivity index (χ1) is 6.99. The van der Waals surface area contributed by atoms with E-state index in [0.29, 0.717) is 6.61 Å². The fourth-order valence-corrected chi connectivity index (χ4v) is 2.20. The summed E-state index contributed by atoms with van der Waals surface area (Å²) in [5, 5.41) is 3.46. The SMILES string of the molecule is CC(C)(C)OCC1CNCC2(CCC2)O1. The van der Waals surface area contributed by atoms with Crippen LogP contribution in [0.3, 0.4) is 0 Å². The minimum atomic E-state index is -0.0619. The topological polar surface area (TPSA) is 30.5 Å². The van der Waals surface area contributed by atoms with Crippen molar-refractivity contribution >= 4 is 0 Å². The summed E-state index contributed by atoms with van der Waals surface area (Å²) < 4.78 is 11.9. The van der Waals surface area contributed by atoms with Crippen molar-refractivity contribution in [1.29, 1.82) is 0 Å². The summed E-state index contributed by atoms with van der Waals surface area (Å²) in [6, 6.07) is 0. The molecule has 1 aliphatic heterocycles. The molecule has 3 nitrogen and oxygen atoms in total. The maximum absolute atomic E-state index is 6.12. The molecule has 2 rings (SSSR count). The monoisotopic (exact) mass is 213 g/mol. The second-order valence-corrected chi connectivity index (χ2v) is 5.83. The molecule has 0 bridgehead atoms. The van der Waals surface area contributed by atoms with Gasteiger partial charge in [0.2, 0.25) is 0 Å². The van der Waals surface area contributed by atoms with Gasteiger partial charge in [0, 0.05) is 13.1 Å². The Bertz CT molecular complexity index is 218. The summed E-state index contributed by atoms with van der Waals surface area (Å²) >= 11 is 0. The second-order valence-electron chi connectivity index (χ2n) is 5.83. The summed E-state index contributed by atoms with van der Waals surface area (Å²) in [4.78, 5) is 0. The van der Waals surface area contributed by atoms with Gasteiger partial charge in [-0.3, -0.25) is 0 Å². The maximum Gasteiger partial charge on any atom is 0.0940 e. The van der Waals surface area contributed by atoms with Crippen molar-refractivity contribution in [2.24, 2.45) is 0 Å². The van der Waals surface area contributed by atoms with Crippen molar-refractivity contribution in [3.05, 3.63) is 0 Å². The zero-order valence-electron chi connectivity index (χ0n) is 10.1. The lowest BCUT2D eigenvalue weighted by Crippen LogP contribution is -2.58. The number of rotatable bonds is 2. The number of ether oxygens (including phenoxy) is 2. The third-order valence-electron chi connectivity index (χ3n) is 3.20. The van der Waals surface area contributed by atoms with E-state index in [1.807, 2.05) is 0 Å². The van der Waals surface area contributed by atoms with Gasteiger partial charge < -0.3 is 14.8 Å². The Hall–Kier alpha value is -0.120. The highest BCUT2D eigenvalue weighted by molar-refractivity contribution is 4.95. The van der Waals surface area contributed by atoms with Gasteiger partial charge in [0.1, 0.15) is 0 Å². The van der Waals surface area contributed by atoms with Gasteiger partial charge in [0.25, 0.3) is 0 Å². The molecule has 1 N–H and O–H groups in total. The number of morpholine rings is 1. The van der Waals surface area contributed by atoms with E-state index in [2.05, 4.69) is 26.1 Å². The van der Waals surface area contributed by atoms with Crippen molar-refractivity contribution in [1.82, 2.24) is 5.32 Å². The molecular formula is C12H23NO2. The molecule has 15 heavy (non-hydrogen) atoms. The number of nitrogens with one attached hydrogen (secondary N) is 1. The van der Waals surface area contributed by atoms with E-state index >= 15 is 0 Å². The number of hydrogen-bond acceptors (Lipinski definition) is 3. The molecule has 1 atom stereocenters. The first kappa shape index (κ1) is 11.4. The lowest BCUT2D eigenvalue weighted by Gasteiger charge is -2.48. The van der Waals surface area contributed by atoms with Crippen molar-refractivity contribution in [2.45, 2.75) is 57.3 Å². The molecule has 0 aromatic heterocycles. The van der Waals surface area contributed by atoms with E-state index in [1.54, 1.807) is 0 Å². The van der Waals surface area contributed by atoms with Gasteiger partial charge >= 0.3 is 0 Å². The molecule has 2 aliphatic rings. The largest absolute Gasteiger partial charge is 0.373 e. The van der Waals surface area contributed by atoms with Crippen LogP contribution in [-0.4, -0.2) is 37.0 Å². The average Bonchev–Trinajstić information content (AvgIpc) is 2.12. The van der Waals surface area contributed by atoms with Gasteiger partial charge in [-0.1, -0.05) is 0 Å². The number of hydrogen-bond donors (Lipinski definition) is 1. The Morgan fingerprint density at radius 1 is 1.40 bits per heavy atom. The third-order valence-corrected chi connectivity index (χ3v) is 3.20. The molecule has 88 valence electrons. The summed E-state index contributed by atoms with van der Waals surface area (Å²) in [7, 11) is 0. The summed E-state index contributed by atoms with van der Waals surface area (Å²) in [6.07, 6.45) is 3.98. The van der Waals surface area contributed by atoms with Gasteiger partial charge in [0.05, 0.1) is 23.9 Å². The van der Waals surface area contributed by atoms with Crippen LogP contribution in [-0.2, 0) is 9.47 Å². The Kier molecular flexibility index (Phi) is 3.06. The van der Waals surface area contributed by atoms with Crippen LogP contribution in [0.2, 0.25) is 0 Å². The molecule has 1 aliphatic carbocycles. The second kappa shape index (κ2) is 4.04. The smallest absolute Gasteiger partial charge is 0.0940 e. The van der Waals surface area contributed by atoms with E-state index < -0.39 is 0 Å². The van der Waals surface area contributed by atoms with Crippen LogP contribution in [0.4, 0.5) is 0 Å². The average molecular weight is 213 g/mol. The van der Waals surface area contributed by atoms with Gasteiger partial charge in [-0.25, -0.2) is 0 Å². The van der Waals surface area contributed by atoms with Gasteiger partial charge in [-0.15, -0.1) is 0 Å². The first-order valence-corrected chi connectivity index (χ1v) is 6.02. The van der Waals surface area contributed by atoms with E-state index in [1.165, 1.54) is 19.3 Å². The van der Waals surface area contributed by atoms with Crippen molar-refractivity contribution in [3.63, 3.8) is 0 Å². The van der Waals surface area contributed by atoms with E-state index in [9.17, 15) is 0 Å². The maximum atomic E-state index is 6.12. The molecule has 1 unspecified atom stereocenters. The Morgan fingerprint density at radius 2 is 2.13 bits per heavy atom. The molecule has 0 radical (unpaired) electrons. The van der Waals surface area contributed by atoms with E-state index in [4.69, 9.17) is 9.47 Å². The Morgan fingerprint density at radius 3 is 2.67 bits per heavy atom. The summed E-state index contributed by atoms with van der Waals surface area (Å²) in [6.45, 7) is 8.92. The Labute approximate surface area is 92.5 Å². The molecule has 1 saturated carbocycles. The van der Waals surface area contributed by atoms with Crippen LogP contribution in [0.5, 0.6) is 0 Å². The zero-order valence-corrected chi connectivity index (χ0v) is 10.1. The molecule has 0 amide bonds. The molecule has 1 saturated heterocycles. The third kappa shape index (κ3) is 2.92. The van der Waals surface area contributed by atoms with Crippen molar-refractivity contribution < 1.29 is 9.47 Å². The molecule has 2 fully saturated rings. The minimum Gasteiger partial charge on any atom is -0.373 e. The molecule has 3 heteroatoms. The molecular weight excluding hydrogens is 190 g/mol. The predicted octanol–water partition coefficient (Wildman–Crippen LogP) is 1.71.